The maximum atomic E-state index is 9.65. The van der Waals surface area contributed by atoms with Crippen LogP contribution in [0.2, 0.25) is 0 Å². The summed E-state index contributed by atoms with van der Waals surface area (Å²) in [5.74, 6) is -0.812. The van der Waals surface area contributed by atoms with Gasteiger partial charge in [-0.05, 0) is 0 Å². The van der Waals surface area contributed by atoms with E-state index in [2.05, 4.69) is 4.74 Å². The van der Waals surface area contributed by atoms with Crippen molar-refractivity contribution in [2.24, 2.45) is 0 Å². The summed E-state index contributed by atoms with van der Waals surface area (Å²) in [6.45, 7) is 1.02. The van der Waals surface area contributed by atoms with Crippen molar-refractivity contribution in [1.82, 2.24) is 0 Å². The predicted octanol–water partition coefficient (Wildman–Crippen LogP) is -5.32. The average Bonchev–Trinajstić information content (AvgIpc) is 1.56. The van der Waals surface area contributed by atoms with E-state index >= 15 is 0 Å². The summed E-state index contributed by atoms with van der Waals surface area (Å²) in [4.78, 5) is 27.6. The summed E-state index contributed by atoms with van der Waals surface area (Å²) in [6.07, 6.45) is -3.40. The summed E-state index contributed by atoms with van der Waals surface area (Å²) < 4.78 is 3.53. The minimum Gasteiger partial charge on any atom is -1.00 e. The van der Waals surface area contributed by atoms with Crippen molar-refractivity contribution in [1.29, 1.82) is 0 Å². The van der Waals surface area contributed by atoms with Gasteiger partial charge in [0.15, 0.2) is 0 Å². The van der Waals surface area contributed by atoms with Crippen LogP contribution in [-0.2, 0) is 9.53 Å². The predicted molar refractivity (Wildman–Crippen MR) is 32.7 cm³/mol. The second-order valence-electron chi connectivity index (χ2n) is 1.14. The number of esters is 1. The maximum absolute atomic E-state index is 9.65. The number of hydrogen-bond donors (Lipinski definition) is 3. The van der Waals surface area contributed by atoms with Crippen molar-refractivity contribution in [3.8, 4) is 0 Å². The van der Waals surface area contributed by atoms with Crippen LogP contribution in [0.4, 0.5) is 9.59 Å². The molecule has 0 fully saturated rings. The third-order valence-electron chi connectivity index (χ3n) is 0.231. The van der Waals surface area contributed by atoms with Crippen molar-refractivity contribution in [2.45, 2.75) is 6.92 Å². The summed E-state index contributed by atoms with van der Waals surface area (Å²) in [5, 5.41) is 21.6. The molecule has 9 heteroatoms. The Morgan fingerprint density at radius 2 is 1.31 bits per heavy atom. The van der Waals surface area contributed by atoms with Crippen molar-refractivity contribution < 1.29 is 96.4 Å². The molecule has 0 amide bonds. The Morgan fingerprint density at radius 3 is 1.31 bits per heavy atom. The zero-order valence-electron chi connectivity index (χ0n) is 9.47. The van der Waals surface area contributed by atoms with Crippen LogP contribution >= 0.6 is 0 Å². The number of ether oxygens (including phenoxy) is 1. The third kappa shape index (κ3) is 71.8. The van der Waals surface area contributed by atoms with Gasteiger partial charge < -0.3 is 22.9 Å². The summed E-state index contributed by atoms with van der Waals surface area (Å²) in [6, 6.07) is 0. The minimum atomic E-state index is -1.83. The topological polar surface area (TPSA) is 121 Å². The monoisotopic (exact) mass is 214 g/mol. The van der Waals surface area contributed by atoms with Gasteiger partial charge in [0.2, 0.25) is 0 Å². The van der Waals surface area contributed by atoms with Crippen LogP contribution in [0.15, 0.2) is 0 Å². The average molecular weight is 214 g/mol. The molecule has 0 aromatic carbocycles. The van der Waals surface area contributed by atoms with Gasteiger partial charge in [-0.1, -0.05) is 0 Å². The molecule has 0 aliphatic heterocycles. The zero-order chi connectivity index (χ0) is 9.44. The molecule has 0 saturated carbocycles. The molecule has 68 valence electrons. The molecule has 0 radical (unpaired) electrons. The van der Waals surface area contributed by atoms with Gasteiger partial charge in [0.05, 0.1) is 0 Å². The largest absolute Gasteiger partial charge is 1.00 e. The van der Waals surface area contributed by atoms with Crippen molar-refractivity contribution in [3.05, 3.63) is 0 Å². The van der Waals surface area contributed by atoms with E-state index in [4.69, 9.17) is 20.1 Å². The van der Waals surface area contributed by atoms with E-state index in [1.807, 2.05) is 0 Å². The first-order valence-corrected chi connectivity index (χ1v) is 2.19. The Kier molecular flexibility index (Phi) is 26.3. The molecular weight excluding hydrogens is 206 g/mol. The van der Waals surface area contributed by atoms with Crippen LogP contribution in [-0.4, -0.2) is 33.6 Å². The molecule has 0 heterocycles. The molecule has 13 heavy (non-hydrogen) atoms. The van der Waals surface area contributed by atoms with Crippen LogP contribution in [0, 0.1) is 0 Å². The zero-order valence-corrected chi connectivity index (χ0v) is 11.5. The van der Waals surface area contributed by atoms with Gasteiger partial charge in [-0.25, -0.2) is 9.59 Å². The van der Waals surface area contributed by atoms with E-state index in [9.17, 15) is 9.59 Å². The van der Waals surface area contributed by atoms with Gasteiger partial charge in [-0.2, -0.15) is 0 Å². The SMILES string of the molecule is CC(=O)OC(=O)O.O=C(O)O.[H-].[H-].[Na+].[Na+]. The van der Waals surface area contributed by atoms with Gasteiger partial charge in [0.1, 0.15) is 0 Å². The van der Waals surface area contributed by atoms with Crippen LogP contribution in [0.5, 0.6) is 0 Å². The molecular formula is C4H8Na2O7. The second kappa shape index (κ2) is 14.7. The maximum Gasteiger partial charge on any atom is 1.00 e. The molecule has 0 aromatic rings. The summed E-state index contributed by atoms with van der Waals surface area (Å²) in [5.41, 5.74) is 0. The Balaban J connectivity index is -0.0000000230. The van der Waals surface area contributed by atoms with E-state index in [-0.39, 0.29) is 62.0 Å². The van der Waals surface area contributed by atoms with E-state index in [1.54, 1.807) is 0 Å². The third-order valence-corrected chi connectivity index (χ3v) is 0.231. The first-order chi connectivity index (χ1) is 4.86. The van der Waals surface area contributed by atoms with E-state index < -0.39 is 18.3 Å². The Morgan fingerprint density at radius 1 is 1.08 bits per heavy atom. The quantitative estimate of drug-likeness (QED) is 0.209. The van der Waals surface area contributed by atoms with E-state index in [0.717, 1.165) is 6.92 Å². The molecule has 0 aromatic heterocycles. The number of carbonyl (C=O) groups excluding carboxylic acids is 1. The van der Waals surface area contributed by atoms with E-state index in [0.29, 0.717) is 0 Å². The second-order valence-corrected chi connectivity index (χ2v) is 1.14. The first kappa shape index (κ1) is 23.2. The Bertz CT molecular complexity index is 160. The van der Waals surface area contributed by atoms with Gasteiger partial charge in [0.25, 0.3) is 0 Å². The number of hydrogen-bond acceptors (Lipinski definition) is 4. The molecule has 0 bridgehead atoms. The van der Waals surface area contributed by atoms with Crippen molar-refractivity contribution in [2.75, 3.05) is 0 Å². The molecule has 0 aliphatic rings. The van der Waals surface area contributed by atoms with Gasteiger partial charge in [0, 0.05) is 6.92 Å². The number of rotatable bonds is 0. The van der Waals surface area contributed by atoms with Crippen molar-refractivity contribution in [3.63, 3.8) is 0 Å². The number of carbonyl (C=O) groups is 3. The summed E-state index contributed by atoms with van der Waals surface area (Å²) >= 11 is 0. The van der Waals surface area contributed by atoms with Crippen LogP contribution < -0.4 is 59.1 Å². The fraction of sp³-hybridized carbons (Fsp3) is 0.250. The van der Waals surface area contributed by atoms with Crippen LogP contribution in [0.3, 0.4) is 0 Å². The molecule has 3 N–H and O–H groups in total. The first-order valence-electron chi connectivity index (χ1n) is 2.19. The number of carboxylic acid groups (broad SMARTS) is 3. The van der Waals surface area contributed by atoms with Gasteiger partial charge in [-0.15, -0.1) is 0 Å². The molecule has 0 atom stereocenters. The van der Waals surface area contributed by atoms with Crippen molar-refractivity contribution >= 4 is 18.3 Å². The minimum absolute atomic E-state index is 0. The Hall–Kier alpha value is 0.210. The molecule has 0 unspecified atom stereocenters. The molecule has 0 saturated heterocycles. The normalized spacial score (nSPS) is 5.92. The van der Waals surface area contributed by atoms with E-state index in [1.165, 1.54) is 0 Å². The van der Waals surface area contributed by atoms with Gasteiger partial charge in [-0.3, -0.25) is 4.79 Å². The fourth-order valence-electron chi connectivity index (χ4n) is 0.123. The molecule has 0 aliphatic carbocycles. The Labute approximate surface area is 121 Å². The fourth-order valence-corrected chi connectivity index (χ4v) is 0.123. The standard InChI is InChI=1S/C3H4O4.CH2O3.2Na.2H/c1-2(4)7-3(5)6;2-1(3)4;;;;/h1H3,(H,5,6);(H2,2,3,4);;;;/q;;2*+1;2*-1. The molecule has 0 spiro atoms. The molecule has 0 rings (SSSR count). The molecule has 7 nitrogen and oxygen atoms in total. The smallest absolute Gasteiger partial charge is 1.00 e. The van der Waals surface area contributed by atoms with Crippen LogP contribution in [0.25, 0.3) is 0 Å². The summed E-state index contributed by atoms with van der Waals surface area (Å²) in [7, 11) is 0. The van der Waals surface area contributed by atoms with Gasteiger partial charge >= 0.3 is 77.4 Å². The van der Waals surface area contributed by atoms with Crippen LogP contribution in [0.1, 0.15) is 9.78 Å².